The van der Waals surface area contributed by atoms with Gasteiger partial charge in [-0.05, 0) is 40.8 Å². The topological polar surface area (TPSA) is 77.8 Å². The first-order chi connectivity index (χ1) is 8.24. The number of nitrogens with two attached hydrogens (primary N) is 1. The second-order valence-electron chi connectivity index (χ2n) is 4.21. The molecule has 3 rings (SSSR count). The first-order valence-corrected chi connectivity index (χ1v) is 6.23. The minimum atomic E-state index is -0.104. The maximum absolute atomic E-state index is 6.01. The van der Waals surface area contributed by atoms with E-state index in [1.165, 1.54) is 0 Å². The third-order valence-electron chi connectivity index (χ3n) is 2.82. The Bertz CT molecular complexity index is 538. The number of hydrogen-bond donors (Lipinski definition) is 1. The van der Waals surface area contributed by atoms with Crippen LogP contribution in [0, 0.1) is 5.92 Å². The van der Waals surface area contributed by atoms with E-state index in [1.807, 2.05) is 6.07 Å². The minimum Gasteiger partial charge on any atom is -0.334 e. The van der Waals surface area contributed by atoms with E-state index < -0.39 is 0 Å². The van der Waals surface area contributed by atoms with Gasteiger partial charge in [0.05, 0.1) is 11.6 Å². The summed E-state index contributed by atoms with van der Waals surface area (Å²) in [4.78, 5) is 8.38. The van der Waals surface area contributed by atoms with Crippen molar-refractivity contribution >= 4 is 15.9 Å². The van der Waals surface area contributed by atoms with Gasteiger partial charge in [0.1, 0.15) is 0 Å². The molecule has 2 heterocycles. The molecule has 0 radical (unpaired) electrons. The van der Waals surface area contributed by atoms with Gasteiger partial charge in [-0.3, -0.25) is 4.98 Å². The number of pyridine rings is 1. The van der Waals surface area contributed by atoms with E-state index in [9.17, 15) is 0 Å². The average molecular weight is 295 g/mol. The number of aromatic nitrogens is 3. The Morgan fingerprint density at radius 1 is 1.41 bits per heavy atom. The van der Waals surface area contributed by atoms with Crippen LogP contribution in [0.2, 0.25) is 0 Å². The molecule has 0 spiro atoms. The fourth-order valence-electron chi connectivity index (χ4n) is 1.68. The van der Waals surface area contributed by atoms with Crippen molar-refractivity contribution in [1.82, 2.24) is 15.1 Å². The molecule has 2 aromatic heterocycles. The van der Waals surface area contributed by atoms with Gasteiger partial charge in [-0.25, -0.2) is 0 Å². The third-order valence-corrected chi connectivity index (χ3v) is 3.26. The lowest BCUT2D eigenvalue weighted by molar-refractivity contribution is 0.411. The summed E-state index contributed by atoms with van der Waals surface area (Å²) < 4.78 is 6.08. The summed E-state index contributed by atoms with van der Waals surface area (Å²) in [5.74, 6) is 1.56. The van der Waals surface area contributed by atoms with E-state index in [2.05, 4.69) is 31.1 Å². The van der Waals surface area contributed by atoms with Crippen molar-refractivity contribution in [3.05, 3.63) is 28.8 Å². The molecule has 0 bridgehead atoms. The Hall–Kier alpha value is -1.27. The summed E-state index contributed by atoms with van der Waals surface area (Å²) in [6, 6.07) is 1.78. The molecule has 1 fully saturated rings. The van der Waals surface area contributed by atoms with Crippen molar-refractivity contribution in [3.8, 4) is 11.5 Å². The summed E-state index contributed by atoms with van der Waals surface area (Å²) in [7, 11) is 0. The zero-order chi connectivity index (χ0) is 11.8. The van der Waals surface area contributed by atoms with E-state index in [-0.39, 0.29) is 6.04 Å². The van der Waals surface area contributed by atoms with Crippen molar-refractivity contribution in [3.63, 3.8) is 0 Å². The molecule has 1 saturated carbocycles. The minimum absolute atomic E-state index is 0.104. The van der Waals surface area contributed by atoms with Gasteiger partial charge >= 0.3 is 0 Å². The molecule has 6 heteroatoms. The van der Waals surface area contributed by atoms with Gasteiger partial charge in [0.15, 0.2) is 5.82 Å². The first kappa shape index (κ1) is 10.9. The largest absolute Gasteiger partial charge is 0.334 e. The molecule has 17 heavy (non-hydrogen) atoms. The SMILES string of the molecule is NC(c1noc(-c2cncc(Br)c2)n1)C1CC1. The highest BCUT2D eigenvalue weighted by atomic mass is 79.9. The normalized spacial score (nSPS) is 17.1. The number of nitrogens with zero attached hydrogens (tertiary/aromatic N) is 3. The van der Waals surface area contributed by atoms with Gasteiger partial charge < -0.3 is 10.3 Å². The summed E-state index contributed by atoms with van der Waals surface area (Å²) in [6.07, 6.45) is 5.70. The van der Waals surface area contributed by atoms with E-state index in [4.69, 9.17) is 10.3 Å². The highest BCUT2D eigenvalue weighted by Gasteiger charge is 2.32. The number of halogens is 1. The molecule has 1 aliphatic carbocycles. The lowest BCUT2D eigenvalue weighted by atomic mass is 10.2. The van der Waals surface area contributed by atoms with Crippen LogP contribution < -0.4 is 5.73 Å². The van der Waals surface area contributed by atoms with E-state index in [0.717, 1.165) is 22.9 Å². The smallest absolute Gasteiger partial charge is 0.259 e. The van der Waals surface area contributed by atoms with Crippen LogP contribution in [0.25, 0.3) is 11.5 Å². The predicted octanol–water partition coefficient (Wildman–Crippen LogP) is 2.30. The van der Waals surface area contributed by atoms with Gasteiger partial charge in [0, 0.05) is 16.9 Å². The predicted molar refractivity (Wildman–Crippen MR) is 64.9 cm³/mol. The van der Waals surface area contributed by atoms with Gasteiger partial charge in [0.2, 0.25) is 0 Å². The molecule has 0 amide bonds. The van der Waals surface area contributed by atoms with Crippen LogP contribution in [0.15, 0.2) is 27.5 Å². The van der Waals surface area contributed by atoms with Crippen LogP contribution in [-0.2, 0) is 0 Å². The number of hydrogen-bond acceptors (Lipinski definition) is 5. The molecule has 0 saturated heterocycles. The highest BCUT2D eigenvalue weighted by molar-refractivity contribution is 9.10. The van der Waals surface area contributed by atoms with Crippen molar-refractivity contribution in [2.75, 3.05) is 0 Å². The Morgan fingerprint density at radius 3 is 2.94 bits per heavy atom. The van der Waals surface area contributed by atoms with Gasteiger partial charge in [-0.2, -0.15) is 4.98 Å². The van der Waals surface area contributed by atoms with Crippen LogP contribution in [0.4, 0.5) is 0 Å². The van der Waals surface area contributed by atoms with Crippen molar-refractivity contribution < 1.29 is 4.52 Å². The second kappa shape index (κ2) is 4.19. The summed E-state index contributed by atoms with van der Waals surface area (Å²) in [6.45, 7) is 0. The lowest BCUT2D eigenvalue weighted by Crippen LogP contribution is -2.13. The summed E-state index contributed by atoms with van der Waals surface area (Å²) >= 11 is 3.35. The Labute approximate surface area is 107 Å². The molecule has 1 atom stereocenters. The molecule has 0 aliphatic heterocycles. The zero-order valence-corrected chi connectivity index (χ0v) is 10.6. The second-order valence-corrected chi connectivity index (χ2v) is 5.13. The summed E-state index contributed by atoms with van der Waals surface area (Å²) in [5, 5.41) is 3.93. The molecule has 2 aromatic rings. The first-order valence-electron chi connectivity index (χ1n) is 5.44. The monoisotopic (exact) mass is 294 g/mol. The zero-order valence-electron chi connectivity index (χ0n) is 9.01. The quantitative estimate of drug-likeness (QED) is 0.940. The molecule has 1 aliphatic rings. The Morgan fingerprint density at radius 2 is 2.24 bits per heavy atom. The van der Waals surface area contributed by atoms with E-state index in [1.54, 1.807) is 12.4 Å². The molecule has 1 unspecified atom stereocenters. The van der Waals surface area contributed by atoms with Crippen LogP contribution in [0.3, 0.4) is 0 Å². The standard InChI is InChI=1S/C11H11BrN4O/c12-8-3-7(4-14-5-8)11-15-10(16-17-11)9(13)6-1-2-6/h3-6,9H,1-2,13H2. The Kier molecular flexibility index (Phi) is 2.68. The van der Waals surface area contributed by atoms with E-state index >= 15 is 0 Å². The van der Waals surface area contributed by atoms with Crippen molar-refractivity contribution in [1.29, 1.82) is 0 Å². The molecular weight excluding hydrogens is 284 g/mol. The van der Waals surface area contributed by atoms with Crippen molar-refractivity contribution in [2.24, 2.45) is 11.7 Å². The van der Waals surface area contributed by atoms with Crippen LogP contribution in [-0.4, -0.2) is 15.1 Å². The van der Waals surface area contributed by atoms with Gasteiger partial charge in [-0.15, -0.1) is 0 Å². The van der Waals surface area contributed by atoms with Gasteiger partial charge in [0.25, 0.3) is 5.89 Å². The van der Waals surface area contributed by atoms with Crippen LogP contribution in [0.5, 0.6) is 0 Å². The fourth-order valence-corrected chi connectivity index (χ4v) is 2.05. The lowest BCUT2D eigenvalue weighted by Gasteiger charge is -2.01. The maximum atomic E-state index is 6.01. The van der Waals surface area contributed by atoms with Crippen LogP contribution >= 0.6 is 15.9 Å². The molecular formula is C11H11BrN4O. The third kappa shape index (κ3) is 2.23. The Balaban J connectivity index is 1.89. The number of rotatable bonds is 3. The highest BCUT2D eigenvalue weighted by Crippen LogP contribution is 2.38. The maximum Gasteiger partial charge on any atom is 0.259 e. The van der Waals surface area contributed by atoms with Crippen molar-refractivity contribution in [2.45, 2.75) is 18.9 Å². The van der Waals surface area contributed by atoms with Crippen LogP contribution in [0.1, 0.15) is 24.7 Å². The molecule has 5 nitrogen and oxygen atoms in total. The van der Waals surface area contributed by atoms with E-state index in [0.29, 0.717) is 17.6 Å². The molecule has 88 valence electrons. The average Bonchev–Trinajstić information content (AvgIpc) is 3.05. The molecule has 2 N–H and O–H groups in total. The summed E-state index contributed by atoms with van der Waals surface area (Å²) in [5.41, 5.74) is 6.80. The molecule has 0 aromatic carbocycles. The fraction of sp³-hybridized carbons (Fsp3) is 0.364. The van der Waals surface area contributed by atoms with Gasteiger partial charge in [-0.1, -0.05) is 5.16 Å².